The van der Waals surface area contributed by atoms with Gasteiger partial charge in [0.05, 0.1) is 16.8 Å². The van der Waals surface area contributed by atoms with E-state index in [1.54, 1.807) is 11.3 Å². The van der Waals surface area contributed by atoms with E-state index in [1.165, 1.54) is 0 Å². The summed E-state index contributed by atoms with van der Waals surface area (Å²) in [5.41, 5.74) is 7.06. The molecule has 2 atom stereocenters. The maximum atomic E-state index is 5.98. The molecule has 0 aliphatic heterocycles. The lowest BCUT2D eigenvalue weighted by atomic mass is 10.1. The largest absolute Gasteiger partial charge is 0.377 e. The number of thiazole rings is 1. The van der Waals surface area contributed by atoms with Gasteiger partial charge in [-0.1, -0.05) is 0 Å². The maximum Gasteiger partial charge on any atom is 0.0897 e. The van der Waals surface area contributed by atoms with E-state index in [2.05, 4.69) is 10.4 Å². The van der Waals surface area contributed by atoms with Crippen LogP contribution in [0.2, 0.25) is 0 Å². The molecule has 1 heterocycles. The fourth-order valence-corrected chi connectivity index (χ4v) is 1.92. The first-order valence-corrected chi connectivity index (χ1v) is 5.79. The van der Waals surface area contributed by atoms with Crippen LogP contribution in [0.5, 0.6) is 0 Å². The highest BCUT2D eigenvalue weighted by Crippen LogP contribution is 2.11. The first-order valence-electron chi connectivity index (χ1n) is 4.91. The first kappa shape index (κ1) is 11.6. The Bertz CT molecular complexity index is 275. The molecular formula is C10H18N2OS. The second kappa shape index (κ2) is 5.44. The lowest BCUT2D eigenvalue weighted by Gasteiger charge is -2.18. The van der Waals surface area contributed by atoms with Crippen molar-refractivity contribution in [3.05, 3.63) is 16.1 Å². The Hall–Kier alpha value is -0.450. The van der Waals surface area contributed by atoms with Gasteiger partial charge in [0.2, 0.25) is 0 Å². The Morgan fingerprint density at radius 2 is 2.36 bits per heavy atom. The van der Waals surface area contributed by atoms with Crippen molar-refractivity contribution >= 4 is 11.3 Å². The van der Waals surface area contributed by atoms with Gasteiger partial charge in [-0.2, -0.15) is 0 Å². The van der Waals surface area contributed by atoms with Gasteiger partial charge in [-0.3, -0.25) is 0 Å². The van der Waals surface area contributed by atoms with E-state index in [0.717, 1.165) is 17.1 Å². The summed E-state index contributed by atoms with van der Waals surface area (Å²) in [7, 11) is 0. The highest BCUT2D eigenvalue weighted by molar-refractivity contribution is 7.09. The Morgan fingerprint density at radius 1 is 1.64 bits per heavy atom. The first-order chi connectivity index (χ1) is 6.63. The van der Waals surface area contributed by atoms with Crippen LogP contribution in [0.15, 0.2) is 5.38 Å². The summed E-state index contributed by atoms with van der Waals surface area (Å²) >= 11 is 1.66. The molecule has 0 amide bonds. The number of hydrogen-bond acceptors (Lipinski definition) is 4. The van der Waals surface area contributed by atoms with Crippen LogP contribution < -0.4 is 5.73 Å². The number of nitrogens with zero attached hydrogens (tertiary/aromatic N) is 1. The third kappa shape index (κ3) is 3.36. The fraction of sp³-hybridized carbons (Fsp3) is 0.700. The summed E-state index contributed by atoms with van der Waals surface area (Å²) in [5.74, 6) is 0. The molecule has 0 saturated carbocycles. The highest BCUT2D eigenvalue weighted by Gasteiger charge is 2.14. The molecule has 2 N–H and O–H groups in total. The number of hydrogen-bond donors (Lipinski definition) is 1. The predicted molar refractivity (Wildman–Crippen MR) is 59.6 cm³/mol. The highest BCUT2D eigenvalue weighted by atomic mass is 32.1. The van der Waals surface area contributed by atoms with Gasteiger partial charge in [0.25, 0.3) is 0 Å². The van der Waals surface area contributed by atoms with Crippen LogP contribution in [-0.2, 0) is 11.2 Å². The molecule has 3 nitrogen and oxygen atoms in total. The van der Waals surface area contributed by atoms with Crippen LogP contribution in [0.1, 0.15) is 24.5 Å². The normalized spacial score (nSPS) is 15.4. The molecule has 0 aromatic carbocycles. The lowest BCUT2D eigenvalue weighted by Crippen LogP contribution is -2.36. The molecule has 80 valence electrons. The molecule has 0 spiro atoms. The van der Waals surface area contributed by atoms with E-state index < -0.39 is 0 Å². The van der Waals surface area contributed by atoms with E-state index in [9.17, 15) is 0 Å². The summed E-state index contributed by atoms with van der Waals surface area (Å²) in [6.45, 7) is 6.71. The molecule has 0 aliphatic carbocycles. The van der Waals surface area contributed by atoms with Gasteiger partial charge in [0, 0.05) is 24.4 Å². The molecule has 0 aliphatic rings. The van der Waals surface area contributed by atoms with Crippen LogP contribution in [0.3, 0.4) is 0 Å². The van der Waals surface area contributed by atoms with Crippen molar-refractivity contribution in [1.82, 2.24) is 4.98 Å². The summed E-state index contributed by atoms with van der Waals surface area (Å²) < 4.78 is 5.43. The zero-order chi connectivity index (χ0) is 10.6. The third-order valence-electron chi connectivity index (χ3n) is 2.14. The second-order valence-corrected chi connectivity index (χ2v) is 4.45. The Balaban J connectivity index is 2.43. The van der Waals surface area contributed by atoms with Gasteiger partial charge in [0.1, 0.15) is 0 Å². The molecule has 0 radical (unpaired) electrons. The Morgan fingerprint density at radius 3 is 2.86 bits per heavy atom. The summed E-state index contributed by atoms with van der Waals surface area (Å²) in [5, 5.41) is 3.16. The lowest BCUT2D eigenvalue weighted by molar-refractivity contribution is 0.0575. The molecule has 4 heteroatoms. The van der Waals surface area contributed by atoms with Crippen LogP contribution >= 0.6 is 11.3 Å². The van der Waals surface area contributed by atoms with Crippen molar-refractivity contribution < 1.29 is 4.74 Å². The fourth-order valence-electron chi connectivity index (χ4n) is 1.30. The Kier molecular flexibility index (Phi) is 4.51. The van der Waals surface area contributed by atoms with Crippen LogP contribution in [0.4, 0.5) is 0 Å². The van der Waals surface area contributed by atoms with E-state index in [1.807, 2.05) is 20.8 Å². The molecule has 0 bridgehead atoms. The number of nitrogens with two attached hydrogens (primary N) is 1. The summed E-state index contributed by atoms with van der Waals surface area (Å²) in [4.78, 5) is 4.38. The van der Waals surface area contributed by atoms with Gasteiger partial charge in [-0.25, -0.2) is 4.98 Å². The van der Waals surface area contributed by atoms with Crippen molar-refractivity contribution in [3.63, 3.8) is 0 Å². The molecule has 0 fully saturated rings. The minimum Gasteiger partial charge on any atom is -0.377 e. The Labute approximate surface area is 89.3 Å². The van der Waals surface area contributed by atoms with E-state index in [4.69, 9.17) is 10.5 Å². The molecule has 1 rings (SSSR count). The van der Waals surface area contributed by atoms with E-state index >= 15 is 0 Å². The molecule has 14 heavy (non-hydrogen) atoms. The molecule has 1 aromatic heterocycles. The predicted octanol–water partition coefficient (Wildman–Crippen LogP) is 1.75. The number of aryl methyl sites for hydroxylation is 1. The van der Waals surface area contributed by atoms with Crippen molar-refractivity contribution in [1.29, 1.82) is 0 Å². The van der Waals surface area contributed by atoms with Crippen molar-refractivity contribution in [2.75, 3.05) is 6.61 Å². The molecular weight excluding hydrogens is 196 g/mol. The van der Waals surface area contributed by atoms with Crippen LogP contribution in [0.25, 0.3) is 0 Å². The van der Waals surface area contributed by atoms with Crippen molar-refractivity contribution in [2.24, 2.45) is 5.73 Å². The maximum absolute atomic E-state index is 5.98. The van der Waals surface area contributed by atoms with E-state index in [-0.39, 0.29) is 12.1 Å². The van der Waals surface area contributed by atoms with Crippen LogP contribution in [0, 0.1) is 6.92 Å². The third-order valence-corrected chi connectivity index (χ3v) is 2.97. The molecule has 2 unspecified atom stereocenters. The van der Waals surface area contributed by atoms with Gasteiger partial charge < -0.3 is 10.5 Å². The van der Waals surface area contributed by atoms with Gasteiger partial charge in [0.15, 0.2) is 0 Å². The zero-order valence-corrected chi connectivity index (χ0v) is 9.80. The average molecular weight is 214 g/mol. The van der Waals surface area contributed by atoms with Gasteiger partial charge in [-0.05, 0) is 20.8 Å². The second-order valence-electron chi connectivity index (χ2n) is 3.39. The number of ether oxygens (including phenoxy) is 1. The van der Waals surface area contributed by atoms with Crippen molar-refractivity contribution in [2.45, 2.75) is 39.3 Å². The quantitative estimate of drug-likeness (QED) is 0.812. The smallest absolute Gasteiger partial charge is 0.0897 e. The van der Waals surface area contributed by atoms with Gasteiger partial charge >= 0.3 is 0 Å². The van der Waals surface area contributed by atoms with Crippen LogP contribution in [-0.4, -0.2) is 23.7 Å². The number of rotatable bonds is 5. The van der Waals surface area contributed by atoms with Crippen molar-refractivity contribution in [3.8, 4) is 0 Å². The minimum atomic E-state index is 0.0384. The topological polar surface area (TPSA) is 48.1 Å². The SMILES string of the molecule is CCOC(C)C(N)Cc1csc(C)n1. The van der Waals surface area contributed by atoms with E-state index in [0.29, 0.717) is 6.61 Å². The molecule has 0 saturated heterocycles. The minimum absolute atomic E-state index is 0.0384. The standard InChI is InChI=1S/C10H18N2OS/c1-4-13-7(2)10(11)5-9-6-14-8(3)12-9/h6-7,10H,4-5,11H2,1-3H3. The zero-order valence-electron chi connectivity index (χ0n) is 8.99. The van der Waals surface area contributed by atoms with Gasteiger partial charge in [-0.15, -0.1) is 11.3 Å². The monoisotopic (exact) mass is 214 g/mol. The summed E-state index contributed by atoms with van der Waals surface area (Å²) in [6.07, 6.45) is 0.896. The average Bonchev–Trinajstić information content (AvgIpc) is 2.51. The number of aromatic nitrogens is 1. The molecule has 1 aromatic rings. The summed E-state index contributed by atoms with van der Waals surface area (Å²) in [6, 6.07) is 0.0384.